The second kappa shape index (κ2) is 9.38. The lowest BCUT2D eigenvalue weighted by molar-refractivity contribution is -0.139. The predicted molar refractivity (Wildman–Crippen MR) is 114 cm³/mol. The zero-order valence-electron chi connectivity index (χ0n) is 17.1. The highest BCUT2D eigenvalue weighted by atomic mass is 16.4. The molecule has 1 aromatic carbocycles. The van der Waals surface area contributed by atoms with Crippen LogP contribution in [0.3, 0.4) is 0 Å². The van der Waals surface area contributed by atoms with Crippen LogP contribution >= 0.6 is 0 Å². The number of aromatic amines is 1. The Labute approximate surface area is 178 Å². The van der Waals surface area contributed by atoms with Gasteiger partial charge in [0.15, 0.2) is 5.78 Å². The van der Waals surface area contributed by atoms with E-state index in [9.17, 15) is 24.3 Å². The van der Waals surface area contributed by atoms with Gasteiger partial charge < -0.3 is 25.9 Å². The smallest absolute Gasteiger partial charge is 0.326 e. The minimum atomic E-state index is -1.18. The number of ketones is 2. The fourth-order valence-electron chi connectivity index (χ4n) is 3.43. The maximum Gasteiger partial charge on any atom is 0.326 e. The number of aryl methyl sites for hydroxylation is 2. The number of amidine groups is 1. The molecule has 9 heteroatoms. The van der Waals surface area contributed by atoms with E-state index in [1.165, 1.54) is 6.92 Å². The van der Waals surface area contributed by atoms with Gasteiger partial charge in [-0.05, 0) is 49.4 Å². The largest absolute Gasteiger partial charge is 0.480 e. The van der Waals surface area contributed by atoms with Gasteiger partial charge in [-0.2, -0.15) is 0 Å². The molecule has 1 amide bonds. The first-order valence-electron chi connectivity index (χ1n) is 9.93. The molecule has 5 N–H and O–H groups in total. The summed E-state index contributed by atoms with van der Waals surface area (Å²) in [5.74, 6) is -1.08. The fourth-order valence-corrected chi connectivity index (χ4v) is 3.43. The fraction of sp³-hybridized carbons (Fsp3) is 0.318. The van der Waals surface area contributed by atoms with Gasteiger partial charge in [0.05, 0.1) is 12.0 Å². The van der Waals surface area contributed by atoms with Crippen molar-refractivity contribution in [2.24, 2.45) is 10.7 Å². The Balaban J connectivity index is 1.61. The van der Waals surface area contributed by atoms with E-state index in [1.807, 2.05) is 0 Å². The summed E-state index contributed by atoms with van der Waals surface area (Å²) in [7, 11) is 0. The van der Waals surface area contributed by atoms with E-state index in [1.54, 1.807) is 30.5 Å². The molecule has 1 atom stereocenters. The molecule has 31 heavy (non-hydrogen) atoms. The molecular weight excluding hydrogens is 400 g/mol. The first kappa shape index (κ1) is 21.9. The van der Waals surface area contributed by atoms with Crippen LogP contribution in [0.2, 0.25) is 0 Å². The van der Waals surface area contributed by atoms with Gasteiger partial charge >= 0.3 is 5.97 Å². The standard InChI is InChI=1S/C22H24N4O5/c1-12(27)2-9-16(22(30)31)25-21(29)14-6-3-13(4-7-14)5-8-15-11-24-20-19(15)17(28)10-18(23)26-20/h3-4,6-7,11,16,24H,2,5,8-10H2,1H3,(H2,23,26)(H,25,29)(H,30,31)/t16-/m0/s1. The number of aliphatic imine (C=N–C) groups is 1. The maximum absolute atomic E-state index is 12.4. The Morgan fingerprint density at radius 3 is 2.58 bits per heavy atom. The van der Waals surface area contributed by atoms with E-state index in [-0.39, 0.29) is 30.8 Å². The van der Waals surface area contributed by atoms with E-state index in [0.717, 1.165) is 11.1 Å². The zero-order valence-corrected chi connectivity index (χ0v) is 17.1. The number of H-pyrrole nitrogens is 1. The van der Waals surface area contributed by atoms with Crippen LogP contribution in [0.5, 0.6) is 0 Å². The molecule has 2 aromatic rings. The molecule has 3 rings (SSSR count). The molecule has 1 aliphatic rings. The van der Waals surface area contributed by atoms with Gasteiger partial charge in [0.25, 0.3) is 5.91 Å². The van der Waals surface area contributed by atoms with Crippen molar-refractivity contribution in [1.82, 2.24) is 10.3 Å². The molecule has 0 fully saturated rings. The Kier molecular flexibility index (Phi) is 6.64. The van der Waals surface area contributed by atoms with Crippen LogP contribution in [0.1, 0.15) is 58.0 Å². The first-order chi connectivity index (χ1) is 14.7. The number of rotatable bonds is 9. The van der Waals surface area contributed by atoms with Gasteiger partial charge in [0.2, 0.25) is 0 Å². The number of carboxylic acids is 1. The molecule has 0 spiro atoms. The number of fused-ring (bicyclic) bond motifs is 1. The summed E-state index contributed by atoms with van der Waals surface area (Å²) in [5.41, 5.74) is 8.40. The molecule has 162 valence electrons. The minimum Gasteiger partial charge on any atom is -0.480 e. The van der Waals surface area contributed by atoms with Crippen LogP contribution < -0.4 is 11.1 Å². The Hall–Kier alpha value is -3.75. The molecule has 0 aliphatic carbocycles. The van der Waals surface area contributed by atoms with Crippen LogP contribution in [0.25, 0.3) is 0 Å². The van der Waals surface area contributed by atoms with E-state index >= 15 is 0 Å². The number of benzene rings is 1. The molecule has 0 saturated heterocycles. The van der Waals surface area contributed by atoms with Crippen molar-refractivity contribution >= 4 is 35.1 Å². The van der Waals surface area contributed by atoms with Gasteiger partial charge in [0, 0.05) is 18.2 Å². The highest BCUT2D eigenvalue weighted by Gasteiger charge is 2.24. The van der Waals surface area contributed by atoms with Crippen molar-refractivity contribution in [3.05, 3.63) is 52.7 Å². The molecular formula is C22H24N4O5. The number of carbonyl (C=O) groups is 4. The lowest BCUT2D eigenvalue weighted by Crippen LogP contribution is -2.41. The van der Waals surface area contributed by atoms with Crippen molar-refractivity contribution < 1.29 is 24.3 Å². The second-order valence-electron chi connectivity index (χ2n) is 7.54. The lowest BCUT2D eigenvalue weighted by Gasteiger charge is -2.14. The van der Waals surface area contributed by atoms with E-state index in [2.05, 4.69) is 15.3 Å². The molecule has 9 nitrogen and oxygen atoms in total. The molecule has 0 bridgehead atoms. The maximum atomic E-state index is 12.4. The molecule has 2 heterocycles. The molecule has 0 saturated carbocycles. The number of nitrogens with one attached hydrogen (secondary N) is 2. The van der Waals surface area contributed by atoms with Crippen LogP contribution in [0, 0.1) is 0 Å². The third-order valence-corrected chi connectivity index (χ3v) is 5.10. The number of nitrogens with two attached hydrogens (primary N) is 1. The normalized spacial score (nSPS) is 13.8. The summed E-state index contributed by atoms with van der Waals surface area (Å²) < 4.78 is 0. The highest BCUT2D eigenvalue weighted by molar-refractivity contribution is 6.15. The number of Topliss-reactive ketones (excluding diaryl/α,β-unsaturated/α-hetero) is 2. The van der Waals surface area contributed by atoms with Crippen molar-refractivity contribution in [3.63, 3.8) is 0 Å². The number of carboxylic acid groups (broad SMARTS) is 1. The van der Waals surface area contributed by atoms with E-state index in [4.69, 9.17) is 5.73 Å². The quantitative estimate of drug-likeness (QED) is 0.482. The summed E-state index contributed by atoms with van der Waals surface area (Å²) in [6.45, 7) is 1.38. The number of hydrogen-bond donors (Lipinski definition) is 4. The SMILES string of the molecule is CC(=O)CC[C@H](NC(=O)c1ccc(CCc2c[nH]c3c2C(=O)CC(N)=N3)cc1)C(=O)O. The van der Waals surface area contributed by atoms with Gasteiger partial charge in [-0.15, -0.1) is 0 Å². The van der Waals surface area contributed by atoms with Gasteiger partial charge in [-0.1, -0.05) is 12.1 Å². The van der Waals surface area contributed by atoms with Crippen LogP contribution in [0.15, 0.2) is 35.5 Å². The van der Waals surface area contributed by atoms with E-state index in [0.29, 0.717) is 35.6 Å². The minimum absolute atomic E-state index is 0.0455. The topological polar surface area (TPSA) is 155 Å². The number of amides is 1. The van der Waals surface area contributed by atoms with Crippen molar-refractivity contribution in [1.29, 1.82) is 0 Å². The summed E-state index contributed by atoms with van der Waals surface area (Å²) >= 11 is 0. The van der Waals surface area contributed by atoms with Crippen molar-refractivity contribution in [3.8, 4) is 0 Å². The van der Waals surface area contributed by atoms with Crippen molar-refractivity contribution in [2.75, 3.05) is 0 Å². The average molecular weight is 424 g/mol. The van der Waals surface area contributed by atoms with Gasteiger partial charge in [-0.3, -0.25) is 9.59 Å². The molecule has 0 radical (unpaired) electrons. The second-order valence-corrected chi connectivity index (χ2v) is 7.54. The third-order valence-electron chi connectivity index (χ3n) is 5.10. The Bertz CT molecular complexity index is 1050. The summed E-state index contributed by atoms with van der Waals surface area (Å²) in [4.78, 5) is 54.1. The number of carbonyl (C=O) groups excluding carboxylic acids is 3. The number of nitrogens with zero attached hydrogens (tertiary/aromatic N) is 1. The summed E-state index contributed by atoms with van der Waals surface area (Å²) in [5, 5.41) is 11.7. The van der Waals surface area contributed by atoms with Crippen LogP contribution in [0.4, 0.5) is 5.82 Å². The number of aliphatic carboxylic acids is 1. The molecule has 0 unspecified atom stereocenters. The first-order valence-corrected chi connectivity index (χ1v) is 9.93. The predicted octanol–water partition coefficient (Wildman–Crippen LogP) is 1.93. The monoisotopic (exact) mass is 424 g/mol. The molecule has 1 aromatic heterocycles. The highest BCUT2D eigenvalue weighted by Crippen LogP contribution is 2.28. The van der Waals surface area contributed by atoms with Crippen LogP contribution in [-0.2, 0) is 22.4 Å². The Morgan fingerprint density at radius 2 is 1.94 bits per heavy atom. The number of hydrogen-bond acceptors (Lipinski definition) is 6. The van der Waals surface area contributed by atoms with Gasteiger partial charge in [-0.25, -0.2) is 9.79 Å². The van der Waals surface area contributed by atoms with E-state index < -0.39 is 17.9 Å². The third kappa shape index (κ3) is 5.44. The molecule has 1 aliphatic heterocycles. The number of aromatic nitrogens is 1. The summed E-state index contributed by atoms with van der Waals surface area (Å²) in [6.07, 6.45) is 3.27. The zero-order chi connectivity index (χ0) is 22.5. The average Bonchev–Trinajstić information content (AvgIpc) is 3.12. The van der Waals surface area contributed by atoms with Crippen LogP contribution in [-0.4, -0.2) is 45.4 Å². The summed E-state index contributed by atoms with van der Waals surface area (Å²) in [6, 6.07) is 5.70. The lowest BCUT2D eigenvalue weighted by atomic mass is 9.98. The Morgan fingerprint density at radius 1 is 1.23 bits per heavy atom. The van der Waals surface area contributed by atoms with Gasteiger partial charge in [0.1, 0.15) is 23.5 Å². The van der Waals surface area contributed by atoms with Crippen molar-refractivity contribution in [2.45, 2.75) is 45.1 Å².